The van der Waals surface area contributed by atoms with Gasteiger partial charge in [-0.2, -0.15) is 0 Å². The molecule has 0 saturated carbocycles. The molecule has 0 aromatic heterocycles. The van der Waals surface area contributed by atoms with Gasteiger partial charge in [-0.25, -0.2) is 0 Å². The molecular weight excluding hydrogens is 276 g/mol. The monoisotopic (exact) mass is 292 g/mol. The molecule has 2 aromatic carbocycles. The third-order valence-corrected chi connectivity index (χ3v) is 3.37. The second-order valence-corrected chi connectivity index (χ2v) is 5.26. The number of hydrogen-bond acceptors (Lipinski definition) is 2. The summed E-state index contributed by atoms with van der Waals surface area (Å²) in [5, 5.41) is 5.92. The van der Waals surface area contributed by atoms with E-state index in [4.69, 9.17) is 5.73 Å². The van der Waals surface area contributed by atoms with E-state index in [0.29, 0.717) is 12.6 Å². The summed E-state index contributed by atoms with van der Waals surface area (Å²) >= 11 is 3.48. The first-order valence-corrected chi connectivity index (χ1v) is 6.60. The molecule has 3 heteroatoms. The summed E-state index contributed by atoms with van der Waals surface area (Å²) in [5.74, 6) is 0. The van der Waals surface area contributed by atoms with Crippen molar-refractivity contribution in [1.29, 1.82) is 0 Å². The number of fused-ring (bicyclic) bond motifs is 1. The minimum atomic E-state index is 0.357. The minimum absolute atomic E-state index is 0.357. The van der Waals surface area contributed by atoms with Crippen molar-refractivity contribution < 1.29 is 0 Å². The van der Waals surface area contributed by atoms with E-state index >= 15 is 0 Å². The van der Waals surface area contributed by atoms with Gasteiger partial charge < -0.3 is 11.1 Å². The van der Waals surface area contributed by atoms with Crippen LogP contribution in [0.1, 0.15) is 12.5 Å². The molecule has 0 saturated heterocycles. The standard InChI is InChI=1S/C14H17BrN2/c1-10(8-16)17-9-11-2-3-13-7-14(15)5-4-12(13)6-11/h2-7,10,17H,8-9,16H2,1H3/t10-/m1/s1. The Labute approximate surface area is 110 Å². The highest BCUT2D eigenvalue weighted by molar-refractivity contribution is 9.10. The van der Waals surface area contributed by atoms with Crippen molar-refractivity contribution in [3.8, 4) is 0 Å². The second kappa shape index (κ2) is 5.63. The topological polar surface area (TPSA) is 38.0 Å². The maximum Gasteiger partial charge on any atom is 0.0208 e. The van der Waals surface area contributed by atoms with Gasteiger partial charge in [-0.3, -0.25) is 0 Å². The van der Waals surface area contributed by atoms with Crippen LogP contribution in [0, 0.1) is 0 Å². The molecule has 2 rings (SSSR count). The Morgan fingerprint density at radius 2 is 1.88 bits per heavy atom. The molecule has 0 bridgehead atoms. The average molecular weight is 293 g/mol. The van der Waals surface area contributed by atoms with E-state index in [9.17, 15) is 0 Å². The number of rotatable bonds is 4. The number of benzene rings is 2. The van der Waals surface area contributed by atoms with Gasteiger partial charge in [0.15, 0.2) is 0 Å². The smallest absolute Gasteiger partial charge is 0.0208 e. The Kier molecular flexibility index (Phi) is 4.15. The summed E-state index contributed by atoms with van der Waals surface area (Å²) < 4.78 is 1.12. The largest absolute Gasteiger partial charge is 0.329 e. The zero-order valence-electron chi connectivity index (χ0n) is 9.91. The minimum Gasteiger partial charge on any atom is -0.329 e. The van der Waals surface area contributed by atoms with E-state index in [2.05, 4.69) is 64.6 Å². The summed E-state index contributed by atoms with van der Waals surface area (Å²) in [6.07, 6.45) is 0. The third kappa shape index (κ3) is 3.28. The Hall–Kier alpha value is -0.900. The number of nitrogens with one attached hydrogen (secondary N) is 1. The summed E-state index contributed by atoms with van der Waals surface area (Å²) in [7, 11) is 0. The highest BCUT2D eigenvalue weighted by Gasteiger charge is 2.00. The van der Waals surface area contributed by atoms with E-state index in [0.717, 1.165) is 11.0 Å². The zero-order chi connectivity index (χ0) is 12.3. The van der Waals surface area contributed by atoms with Gasteiger partial charge in [0.2, 0.25) is 0 Å². The summed E-state index contributed by atoms with van der Waals surface area (Å²) in [4.78, 5) is 0. The van der Waals surface area contributed by atoms with E-state index in [1.165, 1.54) is 16.3 Å². The fourth-order valence-corrected chi connectivity index (χ4v) is 2.13. The Morgan fingerprint density at radius 3 is 2.65 bits per heavy atom. The molecule has 0 amide bonds. The lowest BCUT2D eigenvalue weighted by atomic mass is 10.1. The Morgan fingerprint density at radius 1 is 1.18 bits per heavy atom. The quantitative estimate of drug-likeness (QED) is 0.909. The van der Waals surface area contributed by atoms with Gasteiger partial charge in [0.05, 0.1) is 0 Å². The lowest BCUT2D eigenvalue weighted by Crippen LogP contribution is -2.32. The molecule has 0 radical (unpaired) electrons. The van der Waals surface area contributed by atoms with E-state index < -0.39 is 0 Å². The Bertz CT molecular complexity index is 511. The predicted molar refractivity (Wildman–Crippen MR) is 77.0 cm³/mol. The van der Waals surface area contributed by atoms with Gasteiger partial charge in [-0.05, 0) is 41.5 Å². The number of nitrogens with two attached hydrogens (primary N) is 1. The van der Waals surface area contributed by atoms with Crippen molar-refractivity contribution >= 4 is 26.7 Å². The van der Waals surface area contributed by atoms with Crippen molar-refractivity contribution in [3.63, 3.8) is 0 Å². The summed E-state index contributed by atoms with van der Waals surface area (Å²) in [6, 6.07) is 13.2. The molecule has 0 fully saturated rings. The maximum atomic E-state index is 5.58. The van der Waals surface area contributed by atoms with Gasteiger partial charge in [0.1, 0.15) is 0 Å². The van der Waals surface area contributed by atoms with Gasteiger partial charge >= 0.3 is 0 Å². The van der Waals surface area contributed by atoms with Crippen molar-refractivity contribution in [2.75, 3.05) is 6.54 Å². The predicted octanol–water partition coefficient (Wildman–Crippen LogP) is 3.04. The molecular formula is C14H17BrN2. The lowest BCUT2D eigenvalue weighted by Gasteiger charge is -2.11. The zero-order valence-corrected chi connectivity index (χ0v) is 11.5. The molecule has 2 nitrogen and oxygen atoms in total. The first-order valence-electron chi connectivity index (χ1n) is 5.80. The number of hydrogen-bond donors (Lipinski definition) is 2. The van der Waals surface area contributed by atoms with Crippen molar-refractivity contribution in [3.05, 3.63) is 46.4 Å². The van der Waals surface area contributed by atoms with Crippen LogP contribution in [0.25, 0.3) is 10.8 Å². The van der Waals surface area contributed by atoms with Crippen molar-refractivity contribution in [1.82, 2.24) is 5.32 Å². The SMILES string of the molecule is C[C@H](CN)NCc1ccc2cc(Br)ccc2c1. The second-order valence-electron chi connectivity index (χ2n) is 4.34. The normalized spacial score (nSPS) is 12.9. The fourth-order valence-electron chi connectivity index (χ4n) is 1.75. The van der Waals surface area contributed by atoms with Crippen LogP contribution in [0.15, 0.2) is 40.9 Å². The van der Waals surface area contributed by atoms with E-state index in [1.807, 2.05) is 0 Å². The molecule has 1 atom stereocenters. The average Bonchev–Trinajstić information content (AvgIpc) is 2.35. The lowest BCUT2D eigenvalue weighted by molar-refractivity contribution is 0.556. The van der Waals surface area contributed by atoms with Crippen molar-refractivity contribution in [2.24, 2.45) is 5.73 Å². The molecule has 0 aliphatic carbocycles. The van der Waals surface area contributed by atoms with Crippen LogP contribution in [0.4, 0.5) is 0 Å². The van der Waals surface area contributed by atoms with Crippen LogP contribution in [-0.4, -0.2) is 12.6 Å². The number of halogens is 1. The van der Waals surface area contributed by atoms with E-state index in [-0.39, 0.29) is 0 Å². The summed E-state index contributed by atoms with van der Waals surface area (Å²) in [6.45, 7) is 3.63. The first-order chi connectivity index (χ1) is 8.19. The van der Waals surface area contributed by atoms with Crippen LogP contribution in [0.2, 0.25) is 0 Å². The Balaban J connectivity index is 2.17. The molecule has 0 aliphatic heterocycles. The molecule has 2 aromatic rings. The van der Waals surface area contributed by atoms with Gasteiger partial charge in [0.25, 0.3) is 0 Å². The molecule has 3 N–H and O–H groups in total. The van der Waals surface area contributed by atoms with Crippen molar-refractivity contribution in [2.45, 2.75) is 19.5 Å². The highest BCUT2D eigenvalue weighted by Crippen LogP contribution is 2.20. The summed E-state index contributed by atoms with van der Waals surface area (Å²) in [5.41, 5.74) is 6.87. The van der Waals surface area contributed by atoms with Crippen LogP contribution >= 0.6 is 15.9 Å². The van der Waals surface area contributed by atoms with Gasteiger partial charge in [-0.1, -0.05) is 34.1 Å². The van der Waals surface area contributed by atoms with E-state index in [1.54, 1.807) is 0 Å². The van der Waals surface area contributed by atoms with Crippen LogP contribution < -0.4 is 11.1 Å². The molecule has 0 aliphatic rings. The molecule has 0 unspecified atom stereocenters. The van der Waals surface area contributed by atoms with Crippen LogP contribution in [0.5, 0.6) is 0 Å². The molecule has 90 valence electrons. The van der Waals surface area contributed by atoms with Gasteiger partial charge in [0, 0.05) is 23.6 Å². The molecule has 0 spiro atoms. The van der Waals surface area contributed by atoms with Crippen LogP contribution in [-0.2, 0) is 6.54 Å². The third-order valence-electron chi connectivity index (χ3n) is 2.87. The fraction of sp³-hybridized carbons (Fsp3) is 0.286. The first kappa shape index (κ1) is 12.6. The molecule has 17 heavy (non-hydrogen) atoms. The molecule has 0 heterocycles. The maximum absolute atomic E-state index is 5.58. The van der Waals surface area contributed by atoms with Crippen LogP contribution in [0.3, 0.4) is 0 Å². The van der Waals surface area contributed by atoms with Gasteiger partial charge in [-0.15, -0.1) is 0 Å². The highest BCUT2D eigenvalue weighted by atomic mass is 79.9.